The maximum Gasteiger partial charge on any atom is 0.258 e. The lowest BCUT2D eigenvalue weighted by molar-refractivity contribution is 0.102. The number of hydrogen-bond acceptors (Lipinski definition) is 4. The van der Waals surface area contributed by atoms with Gasteiger partial charge in [0.15, 0.2) is 5.13 Å². The van der Waals surface area contributed by atoms with E-state index >= 15 is 0 Å². The number of nitrogens with zero attached hydrogens (tertiary/aromatic N) is 1. The van der Waals surface area contributed by atoms with E-state index in [9.17, 15) is 9.18 Å². The number of nitrogens with one attached hydrogen (secondary N) is 1. The zero-order valence-corrected chi connectivity index (χ0v) is 10.5. The number of hydrogen-bond donors (Lipinski definition) is 2. The monoisotopic (exact) mass is 276 g/mol. The first-order valence-corrected chi connectivity index (χ1v) is 6.19. The van der Waals surface area contributed by atoms with E-state index in [4.69, 9.17) is 5.11 Å². The van der Waals surface area contributed by atoms with E-state index in [1.165, 1.54) is 23.5 Å². The number of aromatic nitrogens is 1. The van der Waals surface area contributed by atoms with Gasteiger partial charge in [-0.05, 0) is 18.2 Å². The van der Waals surface area contributed by atoms with Crippen LogP contribution < -0.4 is 5.32 Å². The number of halogens is 1. The van der Waals surface area contributed by atoms with Gasteiger partial charge in [-0.2, -0.15) is 0 Å². The van der Waals surface area contributed by atoms with Crippen molar-refractivity contribution in [3.8, 4) is 11.8 Å². The van der Waals surface area contributed by atoms with Gasteiger partial charge in [0, 0.05) is 17.1 Å². The third-order valence-corrected chi connectivity index (χ3v) is 2.87. The average molecular weight is 276 g/mol. The topological polar surface area (TPSA) is 62.2 Å². The first-order chi connectivity index (χ1) is 9.20. The summed E-state index contributed by atoms with van der Waals surface area (Å²) in [6.07, 6.45) is 1.55. The van der Waals surface area contributed by atoms with Crippen LogP contribution in [-0.4, -0.2) is 22.6 Å². The molecule has 96 valence electrons. The molecule has 0 bridgehead atoms. The lowest BCUT2D eigenvalue weighted by Crippen LogP contribution is -2.13. The Morgan fingerprint density at radius 3 is 3.05 bits per heavy atom. The largest absolute Gasteiger partial charge is 0.384 e. The zero-order valence-electron chi connectivity index (χ0n) is 9.68. The summed E-state index contributed by atoms with van der Waals surface area (Å²) in [6, 6.07) is 3.71. The molecule has 0 aliphatic heterocycles. The van der Waals surface area contributed by atoms with E-state index in [1.807, 2.05) is 0 Å². The van der Waals surface area contributed by atoms with E-state index in [0.717, 1.165) is 6.07 Å². The number of benzene rings is 1. The minimum atomic E-state index is -0.529. The predicted octanol–water partition coefficient (Wildman–Crippen LogP) is 1.88. The minimum absolute atomic E-state index is 0.108. The molecule has 1 amide bonds. The van der Waals surface area contributed by atoms with Gasteiger partial charge in [-0.3, -0.25) is 10.1 Å². The molecule has 1 aromatic carbocycles. The Labute approximate surface area is 112 Å². The fourth-order valence-electron chi connectivity index (χ4n) is 1.40. The van der Waals surface area contributed by atoms with Gasteiger partial charge < -0.3 is 5.11 Å². The van der Waals surface area contributed by atoms with Crippen LogP contribution in [0.25, 0.3) is 0 Å². The molecule has 4 nitrogen and oxygen atoms in total. The number of anilines is 1. The fraction of sp³-hybridized carbons (Fsp3) is 0.0769. The van der Waals surface area contributed by atoms with Crippen molar-refractivity contribution in [3.63, 3.8) is 0 Å². The summed E-state index contributed by atoms with van der Waals surface area (Å²) >= 11 is 1.26. The van der Waals surface area contributed by atoms with Crippen LogP contribution in [0.15, 0.2) is 29.8 Å². The maximum absolute atomic E-state index is 13.2. The molecule has 2 rings (SSSR count). The van der Waals surface area contributed by atoms with E-state index in [2.05, 4.69) is 22.1 Å². The number of amides is 1. The number of aliphatic hydroxyl groups excluding tert-OH is 1. The van der Waals surface area contributed by atoms with Gasteiger partial charge in [0.2, 0.25) is 0 Å². The highest BCUT2D eigenvalue weighted by molar-refractivity contribution is 7.13. The van der Waals surface area contributed by atoms with Crippen molar-refractivity contribution in [1.82, 2.24) is 4.98 Å². The summed E-state index contributed by atoms with van der Waals surface area (Å²) in [6.45, 7) is -0.328. The van der Waals surface area contributed by atoms with Crippen LogP contribution in [-0.2, 0) is 0 Å². The Kier molecular flexibility index (Phi) is 4.23. The molecule has 0 atom stereocenters. The van der Waals surface area contributed by atoms with E-state index in [1.54, 1.807) is 11.6 Å². The van der Waals surface area contributed by atoms with E-state index in [0.29, 0.717) is 10.7 Å². The van der Waals surface area contributed by atoms with E-state index < -0.39 is 11.7 Å². The quantitative estimate of drug-likeness (QED) is 0.823. The molecule has 0 saturated heterocycles. The molecule has 1 aromatic heterocycles. The summed E-state index contributed by atoms with van der Waals surface area (Å²) in [5.74, 6) is 4.02. The van der Waals surface area contributed by atoms with Crippen molar-refractivity contribution < 1.29 is 14.3 Å². The van der Waals surface area contributed by atoms with Crippen molar-refractivity contribution in [1.29, 1.82) is 0 Å². The second-order valence-electron chi connectivity index (χ2n) is 3.44. The second-order valence-corrected chi connectivity index (χ2v) is 4.34. The van der Waals surface area contributed by atoms with Gasteiger partial charge in [-0.25, -0.2) is 9.37 Å². The molecule has 19 heavy (non-hydrogen) atoms. The lowest BCUT2D eigenvalue weighted by Gasteiger charge is -2.04. The molecule has 2 N–H and O–H groups in total. The summed E-state index contributed by atoms with van der Waals surface area (Å²) in [5.41, 5.74) is 0.459. The standard InChI is InChI=1S/C13H9FN2O2S/c14-10-4-3-9(2-1-6-17)11(8-10)12(18)16-13-15-5-7-19-13/h3-5,7-8,17H,6H2,(H,15,16,18). The van der Waals surface area contributed by atoms with Crippen LogP contribution in [0, 0.1) is 17.7 Å². The van der Waals surface area contributed by atoms with Gasteiger partial charge in [0.25, 0.3) is 5.91 Å². The third kappa shape index (κ3) is 3.37. The van der Waals surface area contributed by atoms with Gasteiger partial charge in [0.1, 0.15) is 12.4 Å². The van der Waals surface area contributed by atoms with Gasteiger partial charge >= 0.3 is 0 Å². The normalized spacial score (nSPS) is 9.58. The van der Waals surface area contributed by atoms with Crippen LogP contribution in [0.1, 0.15) is 15.9 Å². The highest BCUT2D eigenvalue weighted by Crippen LogP contribution is 2.15. The van der Waals surface area contributed by atoms with Crippen LogP contribution in [0.4, 0.5) is 9.52 Å². The summed E-state index contributed by atoms with van der Waals surface area (Å²) in [5, 5.41) is 13.4. The van der Waals surface area contributed by atoms with E-state index in [-0.39, 0.29) is 12.2 Å². The molecule has 1 heterocycles. The van der Waals surface area contributed by atoms with Crippen molar-refractivity contribution in [3.05, 3.63) is 46.7 Å². The first kappa shape index (κ1) is 13.2. The SMILES string of the molecule is O=C(Nc1nccs1)c1cc(F)ccc1C#CCO. The summed E-state index contributed by atoms with van der Waals surface area (Å²) < 4.78 is 13.2. The Morgan fingerprint density at radius 2 is 2.37 bits per heavy atom. The molecule has 0 unspecified atom stereocenters. The molecular weight excluding hydrogens is 267 g/mol. The number of thiazole rings is 1. The second kappa shape index (κ2) is 6.09. The van der Waals surface area contributed by atoms with Gasteiger partial charge in [0.05, 0.1) is 5.56 Å². The van der Waals surface area contributed by atoms with Gasteiger partial charge in [-0.1, -0.05) is 11.8 Å². The molecule has 2 aromatic rings. The lowest BCUT2D eigenvalue weighted by atomic mass is 10.1. The van der Waals surface area contributed by atoms with Crippen LogP contribution in [0.3, 0.4) is 0 Å². The molecule has 0 spiro atoms. The highest BCUT2D eigenvalue weighted by Gasteiger charge is 2.12. The minimum Gasteiger partial charge on any atom is -0.384 e. The smallest absolute Gasteiger partial charge is 0.258 e. The molecule has 0 fully saturated rings. The number of carbonyl (C=O) groups excluding carboxylic acids is 1. The summed E-state index contributed by atoms with van der Waals surface area (Å²) in [7, 11) is 0. The van der Waals surface area contributed by atoms with Crippen LogP contribution in [0.2, 0.25) is 0 Å². The zero-order chi connectivity index (χ0) is 13.7. The Hall–Kier alpha value is -2.23. The number of carbonyl (C=O) groups is 1. The maximum atomic E-state index is 13.2. The predicted molar refractivity (Wildman–Crippen MR) is 70.4 cm³/mol. The third-order valence-electron chi connectivity index (χ3n) is 2.18. The Bertz CT molecular complexity index is 644. The fourth-order valence-corrected chi connectivity index (χ4v) is 1.92. The van der Waals surface area contributed by atoms with Gasteiger partial charge in [-0.15, -0.1) is 11.3 Å². The Morgan fingerprint density at radius 1 is 1.53 bits per heavy atom. The number of rotatable bonds is 2. The van der Waals surface area contributed by atoms with Crippen molar-refractivity contribution in [2.45, 2.75) is 0 Å². The van der Waals surface area contributed by atoms with Crippen LogP contribution in [0.5, 0.6) is 0 Å². The average Bonchev–Trinajstić information content (AvgIpc) is 2.90. The Balaban J connectivity index is 2.31. The molecular formula is C13H9FN2O2S. The van der Waals surface area contributed by atoms with Crippen molar-refractivity contribution >= 4 is 22.4 Å². The van der Waals surface area contributed by atoms with Crippen LogP contribution >= 0.6 is 11.3 Å². The molecule has 0 radical (unpaired) electrons. The molecule has 0 aliphatic rings. The highest BCUT2D eigenvalue weighted by atomic mass is 32.1. The number of aliphatic hydroxyl groups is 1. The molecule has 0 aliphatic carbocycles. The van der Waals surface area contributed by atoms with Crippen molar-refractivity contribution in [2.75, 3.05) is 11.9 Å². The summed E-state index contributed by atoms with van der Waals surface area (Å²) in [4.78, 5) is 15.9. The molecule has 0 saturated carbocycles. The molecule has 6 heteroatoms. The first-order valence-electron chi connectivity index (χ1n) is 5.31. The van der Waals surface area contributed by atoms with Crippen molar-refractivity contribution in [2.24, 2.45) is 0 Å².